The van der Waals surface area contributed by atoms with Crippen LogP contribution >= 0.6 is 11.6 Å². The van der Waals surface area contributed by atoms with E-state index in [1.165, 1.54) is 11.1 Å². The van der Waals surface area contributed by atoms with Crippen LogP contribution in [-0.2, 0) is 13.1 Å². The van der Waals surface area contributed by atoms with Gasteiger partial charge in [0.15, 0.2) is 0 Å². The largest absolute Gasteiger partial charge is 0.305 e. The van der Waals surface area contributed by atoms with Crippen LogP contribution in [0.15, 0.2) is 47.5 Å². The highest BCUT2D eigenvalue weighted by molar-refractivity contribution is 6.30. The number of hydrogen-bond donors (Lipinski definition) is 0. The Bertz CT molecular complexity index is 633. The molecule has 0 aliphatic heterocycles. The van der Waals surface area contributed by atoms with Crippen molar-refractivity contribution in [2.75, 3.05) is 28.2 Å². The molecule has 0 unspecified atom stereocenters. The minimum absolute atomic E-state index is 0.727. The van der Waals surface area contributed by atoms with Crippen molar-refractivity contribution < 1.29 is 0 Å². The zero-order valence-electron chi connectivity index (χ0n) is 14.3. The van der Waals surface area contributed by atoms with Gasteiger partial charge in [0, 0.05) is 24.3 Å². The van der Waals surface area contributed by atoms with Crippen LogP contribution in [0, 0.1) is 0 Å². The molecular formula is C19H24ClN3. The van der Waals surface area contributed by atoms with Crippen molar-refractivity contribution in [1.82, 2.24) is 9.80 Å². The molecule has 0 amide bonds. The Morgan fingerprint density at radius 1 is 0.870 bits per heavy atom. The summed E-state index contributed by atoms with van der Waals surface area (Å²) >= 11 is 5.91. The highest BCUT2D eigenvalue weighted by Gasteiger charge is 2.03. The van der Waals surface area contributed by atoms with Gasteiger partial charge in [-0.2, -0.15) is 0 Å². The molecule has 0 aromatic heterocycles. The fourth-order valence-corrected chi connectivity index (χ4v) is 2.58. The normalized spacial score (nSPS) is 11.8. The van der Waals surface area contributed by atoms with E-state index in [-0.39, 0.29) is 0 Å². The van der Waals surface area contributed by atoms with Gasteiger partial charge in [-0.3, -0.25) is 4.99 Å². The highest BCUT2D eigenvalue weighted by atomic mass is 35.5. The van der Waals surface area contributed by atoms with Crippen molar-refractivity contribution in [2.45, 2.75) is 13.1 Å². The molecule has 122 valence electrons. The predicted octanol–water partition coefficient (Wildman–Crippen LogP) is 4.21. The molecular weight excluding hydrogens is 306 g/mol. The van der Waals surface area contributed by atoms with E-state index < -0.39 is 0 Å². The molecule has 2 aromatic carbocycles. The zero-order chi connectivity index (χ0) is 16.8. The van der Waals surface area contributed by atoms with Gasteiger partial charge < -0.3 is 9.80 Å². The van der Waals surface area contributed by atoms with Crippen molar-refractivity contribution in [3.63, 3.8) is 0 Å². The van der Waals surface area contributed by atoms with E-state index in [0.717, 1.165) is 29.4 Å². The third-order valence-corrected chi connectivity index (χ3v) is 3.51. The Morgan fingerprint density at radius 3 is 1.87 bits per heavy atom. The third-order valence-electron chi connectivity index (χ3n) is 3.26. The van der Waals surface area contributed by atoms with Crippen LogP contribution in [0.3, 0.4) is 0 Å². The standard InChI is InChI=1S/C19H24ClN3/c1-22(2)13-16-9-15(10-17(11-16)14-23(3)4)12-21-19-7-5-18(20)6-8-19/h5-12H,13-14H2,1-4H3. The minimum atomic E-state index is 0.727. The van der Waals surface area contributed by atoms with Crippen molar-refractivity contribution in [2.24, 2.45) is 4.99 Å². The van der Waals surface area contributed by atoms with Crippen LogP contribution in [0.5, 0.6) is 0 Å². The predicted molar refractivity (Wildman–Crippen MR) is 99.9 cm³/mol. The Balaban J connectivity index is 2.26. The molecule has 2 rings (SSSR count). The number of nitrogens with zero attached hydrogens (tertiary/aromatic N) is 3. The quantitative estimate of drug-likeness (QED) is 0.739. The van der Waals surface area contributed by atoms with Crippen molar-refractivity contribution >= 4 is 23.5 Å². The summed E-state index contributed by atoms with van der Waals surface area (Å²) in [6, 6.07) is 14.2. The third kappa shape index (κ3) is 6.14. The summed E-state index contributed by atoms with van der Waals surface area (Å²) in [6.45, 7) is 1.84. The number of aliphatic imine (C=N–C) groups is 1. The lowest BCUT2D eigenvalue weighted by Crippen LogP contribution is -2.13. The number of hydrogen-bond acceptors (Lipinski definition) is 3. The molecule has 0 aliphatic rings. The van der Waals surface area contributed by atoms with Gasteiger partial charge in [-0.1, -0.05) is 17.7 Å². The lowest BCUT2D eigenvalue weighted by molar-refractivity contribution is 0.395. The van der Waals surface area contributed by atoms with E-state index in [1.807, 2.05) is 30.5 Å². The first kappa shape index (κ1) is 17.7. The van der Waals surface area contributed by atoms with Crippen LogP contribution in [0.25, 0.3) is 0 Å². The molecule has 0 bridgehead atoms. The second kappa shape index (κ2) is 8.25. The molecule has 2 aromatic rings. The van der Waals surface area contributed by atoms with Gasteiger partial charge >= 0.3 is 0 Å². The maximum atomic E-state index is 5.91. The molecule has 3 nitrogen and oxygen atoms in total. The Labute approximate surface area is 144 Å². The second-order valence-electron chi connectivity index (χ2n) is 6.29. The van der Waals surface area contributed by atoms with Gasteiger partial charge in [-0.05, 0) is 81.3 Å². The summed E-state index contributed by atoms with van der Waals surface area (Å²) < 4.78 is 0. The van der Waals surface area contributed by atoms with E-state index in [0.29, 0.717) is 0 Å². The zero-order valence-corrected chi connectivity index (χ0v) is 15.0. The maximum Gasteiger partial charge on any atom is 0.0630 e. The number of halogens is 1. The molecule has 0 atom stereocenters. The minimum Gasteiger partial charge on any atom is -0.305 e. The molecule has 0 aliphatic carbocycles. The Hall–Kier alpha value is -1.68. The number of benzene rings is 2. The van der Waals surface area contributed by atoms with Crippen LogP contribution in [0.4, 0.5) is 5.69 Å². The van der Waals surface area contributed by atoms with E-state index in [2.05, 4.69) is 61.2 Å². The van der Waals surface area contributed by atoms with Gasteiger partial charge in [-0.25, -0.2) is 0 Å². The highest BCUT2D eigenvalue weighted by Crippen LogP contribution is 2.17. The van der Waals surface area contributed by atoms with Gasteiger partial charge in [0.2, 0.25) is 0 Å². The molecule has 0 saturated carbocycles. The van der Waals surface area contributed by atoms with Gasteiger partial charge in [-0.15, -0.1) is 0 Å². The average Bonchev–Trinajstić information content (AvgIpc) is 2.45. The summed E-state index contributed by atoms with van der Waals surface area (Å²) in [5, 5.41) is 0.727. The van der Waals surface area contributed by atoms with Gasteiger partial charge in [0.25, 0.3) is 0 Å². The summed E-state index contributed by atoms with van der Waals surface area (Å²) in [7, 11) is 8.33. The fourth-order valence-electron chi connectivity index (χ4n) is 2.45. The Kier molecular flexibility index (Phi) is 6.34. The van der Waals surface area contributed by atoms with Gasteiger partial charge in [0.05, 0.1) is 5.69 Å². The average molecular weight is 330 g/mol. The van der Waals surface area contributed by atoms with Crippen molar-refractivity contribution in [3.8, 4) is 0 Å². The molecule has 0 fully saturated rings. The summed E-state index contributed by atoms with van der Waals surface area (Å²) in [4.78, 5) is 8.90. The Morgan fingerprint density at radius 2 is 1.39 bits per heavy atom. The smallest absolute Gasteiger partial charge is 0.0630 e. The topological polar surface area (TPSA) is 18.8 Å². The first-order valence-corrected chi connectivity index (χ1v) is 8.02. The van der Waals surface area contributed by atoms with E-state index in [1.54, 1.807) is 0 Å². The van der Waals surface area contributed by atoms with Crippen LogP contribution in [0.2, 0.25) is 5.02 Å². The molecule has 23 heavy (non-hydrogen) atoms. The molecule has 0 spiro atoms. The van der Waals surface area contributed by atoms with Crippen LogP contribution in [-0.4, -0.2) is 44.2 Å². The SMILES string of the molecule is CN(C)Cc1cc(C=Nc2ccc(Cl)cc2)cc(CN(C)C)c1. The van der Waals surface area contributed by atoms with E-state index in [9.17, 15) is 0 Å². The lowest BCUT2D eigenvalue weighted by Gasteiger charge is -2.14. The van der Waals surface area contributed by atoms with E-state index in [4.69, 9.17) is 11.6 Å². The summed E-state index contributed by atoms with van der Waals surface area (Å²) in [6.07, 6.45) is 1.92. The molecule has 0 N–H and O–H groups in total. The monoisotopic (exact) mass is 329 g/mol. The first-order chi connectivity index (χ1) is 10.9. The number of rotatable bonds is 6. The summed E-state index contributed by atoms with van der Waals surface area (Å²) in [5.41, 5.74) is 4.62. The van der Waals surface area contributed by atoms with Crippen LogP contribution in [0.1, 0.15) is 16.7 Å². The lowest BCUT2D eigenvalue weighted by atomic mass is 10.1. The molecule has 0 heterocycles. The van der Waals surface area contributed by atoms with Crippen LogP contribution < -0.4 is 0 Å². The van der Waals surface area contributed by atoms with Gasteiger partial charge in [0.1, 0.15) is 0 Å². The second-order valence-corrected chi connectivity index (χ2v) is 6.73. The molecule has 4 heteroatoms. The van der Waals surface area contributed by atoms with Crippen molar-refractivity contribution in [3.05, 3.63) is 64.2 Å². The fraction of sp³-hybridized carbons (Fsp3) is 0.316. The summed E-state index contributed by atoms with van der Waals surface area (Å²) in [5.74, 6) is 0. The molecule has 0 radical (unpaired) electrons. The van der Waals surface area contributed by atoms with E-state index >= 15 is 0 Å². The van der Waals surface area contributed by atoms with Crippen molar-refractivity contribution in [1.29, 1.82) is 0 Å². The molecule has 0 saturated heterocycles. The first-order valence-electron chi connectivity index (χ1n) is 7.64. The maximum absolute atomic E-state index is 5.91.